The molecule has 3 heterocycles. The fourth-order valence-electron chi connectivity index (χ4n) is 5.63. The van der Waals surface area contributed by atoms with Gasteiger partial charge in [0, 0.05) is 55.4 Å². The number of fused-ring (bicyclic) bond motifs is 2. The number of carboxylic acids is 1. The van der Waals surface area contributed by atoms with Crippen molar-refractivity contribution in [2.45, 2.75) is 58.0 Å². The van der Waals surface area contributed by atoms with Gasteiger partial charge in [-0.25, -0.2) is 18.0 Å². The summed E-state index contributed by atoms with van der Waals surface area (Å²) in [7, 11) is 0. The molecule has 8 heteroatoms. The zero-order chi connectivity index (χ0) is 27.2. The zero-order valence-corrected chi connectivity index (χ0v) is 21.6. The molecule has 0 bridgehead atoms. The number of alkyl halides is 1. The Hall–Kier alpha value is -3.65. The highest BCUT2D eigenvalue weighted by Gasteiger charge is 2.39. The summed E-state index contributed by atoms with van der Waals surface area (Å²) >= 11 is 0. The number of nitrogens with zero attached hydrogens (tertiary/aromatic N) is 3. The molecule has 5 rings (SSSR count). The largest absolute Gasteiger partial charge is 0.478 e. The van der Waals surface area contributed by atoms with Gasteiger partial charge in [0.25, 0.3) is 0 Å². The quantitative estimate of drug-likeness (QED) is 0.400. The van der Waals surface area contributed by atoms with E-state index in [0.29, 0.717) is 6.42 Å². The van der Waals surface area contributed by atoms with Gasteiger partial charge in [-0.15, -0.1) is 0 Å². The number of benzene rings is 2. The summed E-state index contributed by atoms with van der Waals surface area (Å²) in [6.45, 7) is 6.35. The Morgan fingerprint density at radius 3 is 2.47 bits per heavy atom. The molecule has 0 saturated heterocycles. The summed E-state index contributed by atoms with van der Waals surface area (Å²) < 4.78 is 46.1. The lowest BCUT2D eigenvalue weighted by atomic mass is 9.83. The second kappa shape index (κ2) is 9.91. The molecule has 2 aromatic carbocycles. The van der Waals surface area contributed by atoms with Crippen LogP contribution < -0.4 is 4.90 Å². The smallest absolute Gasteiger partial charge is 0.328 e. The summed E-state index contributed by atoms with van der Waals surface area (Å²) in [6, 6.07) is 9.19. The highest BCUT2D eigenvalue weighted by Crippen LogP contribution is 2.43. The molecule has 2 aliphatic rings. The molecule has 38 heavy (non-hydrogen) atoms. The highest BCUT2D eigenvalue weighted by atomic mass is 19.1. The van der Waals surface area contributed by atoms with Gasteiger partial charge in [-0.3, -0.25) is 9.88 Å². The van der Waals surface area contributed by atoms with Gasteiger partial charge in [-0.2, -0.15) is 0 Å². The number of halogens is 3. The molecule has 2 atom stereocenters. The van der Waals surface area contributed by atoms with Crippen LogP contribution in [0.4, 0.5) is 18.9 Å². The SMILES string of the molecule is CC1Cc2cc(N3Cc4ccncc4C3)ccc2C(c2c(F)cc(/C=C/C(=O)O)cc2F)N1CC(C)(C)F. The minimum atomic E-state index is -1.59. The molecule has 2 unspecified atom stereocenters. The molecule has 1 N–H and O–H groups in total. The van der Waals surface area contributed by atoms with Crippen molar-refractivity contribution in [2.24, 2.45) is 0 Å². The molecule has 0 saturated carbocycles. The number of anilines is 1. The fraction of sp³-hybridized carbons (Fsp3) is 0.333. The Labute approximate surface area is 220 Å². The maximum absolute atomic E-state index is 15.6. The Morgan fingerprint density at radius 2 is 1.82 bits per heavy atom. The van der Waals surface area contributed by atoms with E-state index in [1.807, 2.05) is 36.2 Å². The van der Waals surface area contributed by atoms with E-state index in [1.165, 1.54) is 25.0 Å². The number of aliphatic carboxylic acids is 1. The van der Waals surface area contributed by atoms with Crippen LogP contribution >= 0.6 is 0 Å². The minimum Gasteiger partial charge on any atom is -0.478 e. The number of aromatic nitrogens is 1. The molecule has 2 aliphatic heterocycles. The zero-order valence-electron chi connectivity index (χ0n) is 21.6. The lowest BCUT2D eigenvalue weighted by molar-refractivity contribution is -0.131. The lowest BCUT2D eigenvalue weighted by Gasteiger charge is -2.44. The van der Waals surface area contributed by atoms with Gasteiger partial charge in [-0.05, 0) is 91.4 Å². The molecule has 5 nitrogen and oxygen atoms in total. The van der Waals surface area contributed by atoms with Crippen molar-refractivity contribution in [1.82, 2.24) is 9.88 Å². The molecule has 0 fully saturated rings. The summed E-state index contributed by atoms with van der Waals surface area (Å²) in [4.78, 5) is 19.2. The predicted molar refractivity (Wildman–Crippen MR) is 140 cm³/mol. The van der Waals surface area contributed by atoms with Crippen LogP contribution in [0.1, 0.15) is 60.2 Å². The maximum Gasteiger partial charge on any atom is 0.328 e. The molecule has 198 valence electrons. The summed E-state index contributed by atoms with van der Waals surface area (Å²) in [5.41, 5.74) is 3.47. The molecular weight excluding hydrogens is 491 g/mol. The van der Waals surface area contributed by atoms with Crippen LogP contribution in [0.5, 0.6) is 0 Å². The van der Waals surface area contributed by atoms with Gasteiger partial charge in [0.1, 0.15) is 17.3 Å². The van der Waals surface area contributed by atoms with Crippen LogP contribution in [-0.4, -0.2) is 39.2 Å². The van der Waals surface area contributed by atoms with E-state index in [1.54, 1.807) is 6.20 Å². The van der Waals surface area contributed by atoms with E-state index in [4.69, 9.17) is 5.11 Å². The second-order valence-corrected chi connectivity index (χ2v) is 10.8. The average molecular weight is 522 g/mol. The summed E-state index contributed by atoms with van der Waals surface area (Å²) in [5, 5.41) is 8.88. The highest BCUT2D eigenvalue weighted by molar-refractivity contribution is 5.85. The standard InChI is InChI=1S/C30H30F3N3O2/c1-18-10-21-13-23(35-15-20-8-9-34-14-22(20)16-35)5-6-24(21)29(36(18)17-30(2,3)33)28-25(31)11-19(12-26(28)32)4-7-27(37)38/h4-9,11-14,18,29H,10,15-17H2,1-3H3,(H,37,38)/b7-4+. The third-order valence-electron chi connectivity index (χ3n) is 7.28. The van der Waals surface area contributed by atoms with Crippen molar-refractivity contribution < 1.29 is 23.1 Å². The van der Waals surface area contributed by atoms with Gasteiger partial charge in [-0.1, -0.05) is 6.07 Å². The third-order valence-corrected chi connectivity index (χ3v) is 7.28. The Bertz CT molecular complexity index is 1370. The van der Waals surface area contributed by atoms with E-state index in [0.717, 1.165) is 54.2 Å². The molecule has 0 aliphatic carbocycles. The van der Waals surface area contributed by atoms with Crippen molar-refractivity contribution >= 4 is 17.7 Å². The summed E-state index contributed by atoms with van der Waals surface area (Å²) in [6.07, 6.45) is 6.25. The Kier molecular flexibility index (Phi) is 6.77. The Morgan fingerprint density at radius 1 is 1.11 bits per heavy atom. The Balaban J connectivity index is 1.57. The van der Waals surface area contributed by atoms with Crippen LogP contribution in [0, 0.1) is 11.6 Å². The van der Waals surface area contributed by atoms with Gasteiger partial charge >= 0.3 is 5.97 Å². The van der Waals surface area contributed by atoms with Crippen molar-refractivity contribution in [3.63, 3.8) is 0 Å². The number of rotatable bonds is 6. The number of pyridine rings is 1. The van der Waals surface area contributed by atoms with Crippen molar-refractivity contribution in [3.8, 4) is 0 Å². The first-order valence-corrected chi connectivity index (χ1v) is 12.6. The van der Waals surface area contributed by atoms with E-state index in [-0.39, 0.29) is 23.7 Å². The van der Waals surface area contributed by atoms with E-state index < -0.39 is 29.3 Å². The van der Waals surface area contributed by atoms with Crippen LogP contribution in [0.25, 0.3) is 6.08 Å². The number of hydrogen-bond donors (Lipinski definition) is 1. The topological polar surface area (TPSA) is 56.7 Å². The molecule has 0 amide bonds. The first-order valence-electron chi connectivity index (χ1n) is 12.6. The number of hydrogen-bond acceptors (Lipinski definition) is 4. The van der Waals surface area contributed by atoms with Crippen molar-refractivity contribution in [3.05, 3.63) is 99.9 Å². The van der Waals surface area contributed by atoms with Crippen molar-refractivity contribution in [1.29, 1.82) is 0 Å². The maximum atomic E-state index is 15.6. The molecule has 3 aromatic rings. The number of carboxylic acid groups (broad SMARTS) is 1. The molecule has 0 spiro atoms. The van der Waals surface area contributed by atoms with Gasteiger partial charge in [0.15, 0.2) is 0 Å². The second-order valence-electron chi connectivity index (χ2n) is 10.8. The normalized spacial score (nSPS) is 19.6. The van der Waals surface area contributed by atoms with E-state index >= 15 is 8.78 Å². The molecule has 1 aromatic heterocycles. The third kappa shape index (κ3) is 5.18. The van der Waals surface area contributed by atoms with Crippen LogP contribution in [0.2, 0.25) is 0 Å². The number of carbonyl (C=O) groups is 1. The first kappa shape index (κ1) is 26.0. The predicted octanol–water partition coefficient (Wildman–Crippen LogP) is 6.06. The van der Waals surface area contributed by atoms with Crippen LogP contribution in [0.3, 0.4) is 0 Å². The van der Waals surface area contributed by atoms with Crippen LogP contribution in [0.15, 0.2) is 54.9 Å². The molecule has 0 radical (unpaired) electrons. The minimum absolute atomic E-state index is 0.00594. The lowest BCUT2D eigenvalue weighted by Crippen LogP contribution is -2.48. The van der Waals surface area contributed by atoms with E-state index in [9.17, 15) is 9.18 Å². The van der Waals surface area contributed by atoms with Crippen LogP contribution in [-0.2, 0) is 24.3 Å². The van der Waals surface area contributed by atoms with Crippen molar-refractivity contribution in [2.75, 3.05) is 11.4 Å². The van der Waals surface area contributed by atoms with Gasteiger partial charge in [0.05, 0.1) is 6.04 Å². The fourth-order valence-corrected chi connectivity index (χ4v) is 5.63. The first-order chi connectivity index (χ1) is 18.0. The monoisotopic (exact) mass is 521 g/mol. The van der Waals surface area contributed by atoms with E-state index in [2.05, 4.69) is 16.0 Å². The summed E-state index contributed by atoms with van der Waals surface area (Å²) in [5.74, 6) is -2.81. The average Bonchev–Trinajstić information content (AvgIpc) is 3.27. The van der Waals surface area contributed by atoms with Gasteiger partial charge in [0.2, 0.25) is 0 Å². The van der Waals surface area contributed by atoms with Gasteiger partial charge < -0.3 is 10.0 Å². The molecular formula is C30H30F3N3O2.